The summed E-state index contributed by atoms with van der Waals surface area (Å²) >= 11 is 3.50. The van der Waals surface area contributed by atoms with Crippen LogP contribution in [-0.4, -0.2) is 43.0 Å². The number of rotatable bonds is 3. The van der Waals surface area contributed by atoms with Crippen LogP contribution in [0, 0.1) is 5.41 Å². The van der Waals surface area contributed by atoms with Crippen LogP contribution in [0.2, 0.25) is 0 Å². The third-order valence-electron chi connectivity index (χ3n) is 3.77. The van der Waals surface area contributed by atoms with Gasteiger partial charge in [-0.25, -0.2) is 0 Å². The molecule has 1 aromatic carbocycles. The van der Waals surface area contributed by atoms with Crippen LogP contribution >= 0.6 is 15.9 Å². The number of likely N-dealkylation sites (N-methyl/N-ethyl adjacent to an activating group) is 1. The normalized spacial score (nSPS) is 20.6. The summed E-state index contributed by atoms with van der Waals surface area (Å²) in [5.74, 6) is 0.119. The minimum atomic E-state index is 0.119. The molecule has 0 radical (unpaired) electrons. The number of nitrogens with zero attached hydrogens (tertiary/aromatic N) is 2. The van der Waals surface area contributed by atoms with Crippen LogP contribution < -0.4 is 10.6 Å². The van der Waals surface area contributed by atoms with E-state index in [4.69, 9.17) is 11.1 Å². The van der Waals surface area contributed by atoms with Gasteiger partial charge in [-0.3, -0.25) is 10.3 Å². The summed E-state index contributed by atoms with van der Waals surface area (Å²) in [6.45, 7) is 8.56. The molecule has 1 saturated heterocycles. The number of nitrogen functional groups attached to an aromatic ring is 1. The van der Waals surface area contributed by atoms with Gasteiger partial charge in [-0.2, -0.15) is 0 Å². The first-order valence-electron chi connectivity index (χ1n) is 6.66. The standard InChI is InChI=1S/C14H21BrN4/c1-3-18-7-8-19(9-10(18)2)12-6-4-5-11(15)13(12)14(16)17/h4-6,10H,3,7-9H2,1-2H3,(H3,16,17). The van der Waals surface area contributed by atoms with Crippen molar-refractivity contribution in [1.29, 1.82) is 5.41 Å². The predicted molar refractivity (Wildman–Crippen MR) is 84.1 cm³/mol. The topological polar surface area (TPSA) is 56.4 Å². The first-order valence-corrected chi connectivity index (χ1v) is 7.45. The summed E-state index contributed by atoms with van der Waals surface area (Å²) in [5.41, 5.74) is 7.59. The molecule has 3 N–H and O–H groups in total. The number of piperazine rings is 1. The zero-order valence-corrected chi connectivity index (χ0v) is 13.1. The molecule has 1 fully saturated rings. The van der Waals surface area contributed by atoms with E-state index in [1.165, 1.54) is 0 Å². The Kier molecular flexibility index (Phi) is 4.47. The van der Waals surface area contributed by atoms with Gasteiger partial charge in [-0.1, -0.05) is 13.0 Å². The quantitative estimate of drug-likeness (QED) is 0.662. The smallest absolute Gasteiger partial charge is 0.126 e. The number of halogens is 1. The van der Waals surface area contributed by atoms with Gasteiger partial charge >= 0.3 is 0 Å². The number of amidine groups is 1. The maximum atomic E-state index is 7.77. The minimum Gasteiger partial charge on any atom is -0.384 e. The van der Waals surface area contributed by atoms with Gasteiger partial charge in [0.2, 0.25) is 0 Å². The fourth-order valence-electron chi connectivity index (χ4n) is 2.73. The Bertz CT molecular complexity index is 475. The summed E-state index contributed by atoms with van der Waals surface area (Å²) in [7, 11) is 0. The molecule has 1 aromatic rings. The van der Waals surface area contributed by atoms with Gasteiger partial charge < -0.3 is 10.6 Å². The molecular weight excluding hydrogens is 304 g/mol. The van der Waals surface area contributed by atoms with E-state index in [1.807, 2.05) is 12.1 Å². The first-order chi connectivity index (χ1) is 9.04. The van der Waals surface area contributed by atoms with Crippen molar-refractivity contribution in [2.45, 2.75) is 19.9 Å². The molecule has 1 unspecified atom stereocenters. The van der Waals surface area contributed by atoms with E-state index in [1.54, 1.807) is 0 Å². The lowest BCUT2D eigenvalue weighted by Gasteiger charge is -2.41. The highest BCUT2D eigenvalue weighted by Gasteiger charge is 2.24. The Balaban J connectivity index is 2.28. The highest BCUT2D eigenvalue weighted by Crippen LogP contribution is 2.29. The highest BCUT2D eigenvalue weighted by molar-refractivity contribution is 9.10. The summed E-state index contributed by atoms with van der Waals surface area (Å²) in [6, 6.07) is 6.52. The van der Waals surface area contributed by atoms with E-state index in [0.717, 1.165) is 41.9 Å². The third-order valence-corrected chi connectivity index (χ3v) is 4.43. The highest BCUT2D eigenvalue weighted by atomic mass is 79.9. The SMILES string of the molecule is CCN1CCN(c2cccc(Br)c2C(=N)N)CC1C. The van der Waals surface area contributed by atoms with Crippen LogP contribution in [0.3, 0.4) is 0 Å². The molecular formula is C14H21BrN4. The lowest BCUT2D eigenvalue weighted by molar-refractivity contribution is 0.199. The second-order valence-electron chi connectivity index (χ2n) is 4.97. The van der Waals surface area contributed by atoms with Crippen molar-refractivity contribution in [2.75, 3.05) is 31.1 Å². The summed E-state index contributed by atoms with van der Waals surface area (Å²) in [4.78, 5) is 4.81. The number of nitrogens with two attached hydrogens (primary N) is 1. The van der Waals surface area contributed by atoms with E-state index >= 15 is 0 Å². The van der Waals surface area contributed by atoms with Crippen LogP contribution in [0.15, 0.2) is 22.7 Å². The molecule has 4 nitrogen and oxygen atoms in total. The Morgan fingerprint density at radius 3 is 2.79 bits per heavy atom. The molecule has 0 spiro atoms. The first kappa shape index (κ1) is 14.3. The summed E-state index contributed by atoms with van der Waals surface area (Å²) in [5, 5.41) is 7.77. The molecule has 0 aromatic heterocycles. The largest absolute Gasteiger partial charge is 0.384 e. The van der Waals surface area contributed by atoms with Crippen LogP contribution in [0.5, 0.6) is 0 Å². The molecule has 1 atom stereocenters. The Labute approximate surface area is 123 Å². The average molecular weight is 325 g/mol. The monoisotopic (exact) mass is 324 g/mol. The zero-order valence-electron chi connectivity index (χ0n) is 11.5. The van der Waals surface area contributed by atoms with Crippen LogP contribution in [-0.2, 0) is 0 Å². The van der Waals surface area contributed by atoms with Crippen molar-refractivity contribution in [3.8, 4) is 0 Å². The zero-order chi connectivity index (χ0) is 14.0. The molecule has 2 rings (SSSR count). The number of hydrogen-bond acceptors (Lipinski definition) is 3. The molecule has 1 heterocycles. The Morgan fingerprint density at radius 2 is 2.21 bits per heavy atom. The minimum absolute atomic E-state index is 0.119. The maximum Gasteiger partial charge on any atom is 0.126 e. The van der Waals surface area contributed by atoms with Crippen LogP contribution in [0.25, 0.3) is 0 Å². The van der Waals surface area contributed by atoms with Crippen molar-refractivity contribution >= 4 is 27.5 Å². The van der Waals surface area contributed by atoms with E-state index in [0.29, 0.717) is 6.04 Å². The number of hydrogen-bond donors (Lipinski definition) is 2. The molecule has 5 heteroatoms. The number of nitrogens with one attached hydrogen (secondary N) is 1. The van der Waals surface area contributed by atoms with Gasteiger partial charge in [0.25, 0.3) is 0 Å². The summed E-state index contributed by atoms with van der Waals surface area (Å²) < 4.78 is 0.892. The molecule has 1 aliphatic rings. The summed E-state index contributed by atoms with van der Waals surface area (Å²) in [6.07, 6.45) is 0. The van der Waals surface area contributed by atoms with Crippen molar-refractivity contribution in [3.05, 3.63) is 28.2 Å². The third kappa shape index (κ3) is 2.92. The van der Waals surface area contributed by atoms with E-state index in [-0.39, 0.29) is 5.84 Å². The van der Waals surface area contributed by atoms with Crippen molar-refractivity contribution < 1.29 is 0 Å². The van der Waals surface area contributed by atoms with Crippen molar-refractivity contribution in [1.82, 2.24) is 4.90 Å². The van der Waals surface area contributed by atoms with Crippen LogP contribution in [0.1, 0.15) is 19.4 Å². The fourth-order valence-corrected chi connectivity index (χ4v) is 3.30. The number of anilines is 1. The van der Waals surface area contributed by atoms with Crippen LogP contribution in [0.4, 0.5) is 5.69 Å². The molecule has 0 aliphatic carbocycles. The Hall–Kier alpha value is -1.07. The van der Waals surface area contributed by atoms with E-state index < -0.39 is 0 Å². The van der Waals surface area contributed by atoms with Crippen molar-refractivity contribution in [3.63, 3.8) is 0 Å². The van der Waals surface area contributed by atoms with Gasteiger partial charge in [0.15, 0.2) is 0 Å². The van der Waals surface area contributed by atoms with Crippen molar-refractivity contribution in [2.24, 2.45) is 5.73 Å². The van der Waals surface area contributed by atoms with Gasteiger partial charge in [-0.05, 0) is 41.5 Å². The number of benzene rings is 1. The van der Waals surface area contributed by atoms with E-state index in [2.05, 4.69) is 45.6 Å². The fraction of sp³-hybridized carbons (Fsp3) is 0.500. The Morgan fingerprint density at radius 1 is 1.47 bits per heavy atom. The second kappa shape index (κ2) is 5.92. The van der Waals surface area contributed by atoms with Gasteiger partial charge in [0, 0.05) is 35.8 Å². The van der Waals surface area contributed by atoms with Gasteiger partial charge in [-0.15, -0.1) is 0 Å². The molecule has 0 amide bonds. The maximum absolute atomic E-state index is 7.77. The average Bonchev–Trinajstić information content (AvgIpc) is 2.37. The van der Waals surface area contributed by atoms with E-state index in [9.17, 15) is 0 Å². The molecule has 0 bridgehead atoms. The molecule has 0 saturated carbocycles. The lowest BCUT2D eigenvalue weighted by atomic mass is 10.1. The lowest BCUT2D eigenvalue weighted by Crippen LogP contribution is -2.52. The van der Waals surface area contributed by atoms with Gasteiger partial charge in [0.1, 0.15) is 5.84 Å². The second-order valence-corrected chi connectivity index (χ2v) is 5.83. The molecule has 19 heavy (non-hydrogen) atoms. The molecule has 104 valence electrons. The predicted octanol–water partition coefficient (Wildman–Crippen LogP) is 2.26. The van der Waals surface area contributed by atoms with Gasteiger partial charge in [0.05, 0.1) is 5.56 Å². The molecule has 1 aliphatic heterocycles.